The van der Waals surface area contributed by atoms with Crippen LogP contribution in [0.5, 0.6) is 0 Å². The third-order valence-electron chi connectivity index (χ3n) is 3.57. The van der Waals surface area contributed by atoms with Gasteiger partial charge in [-0.25, -0.2) is 9.78 Å². The second-order valence-electron chi connectivity index (χ2n) is 4.87. The van der Waals surface area contributed by atoms with Gasteiger partial charge >= 0.3 is 65.1 Å². The Labute approximate surface area is 190 Å². The second-order valence-corrected chi connectivity index (χ2v) is 4.87. The molecule has 3 rings (SSSR count). The van der Waals surface area contributed by atoms with Gasteiger partial charge in [-0.2, -0.15) is 11.6 Å². The molecule has 0 saturated carbocycles. The van der Waals surface area contributed by atoms with Crippen molar-refractivity contribution in [1.82, 2.24) is 4.98 Å². The van der Waals surface area contributed by atoms with Crippen LogP contribution in [0.2, 0.25) is 0 Å². The van der Waals surface area contributed by atoms with Gasteiger partial charge in [0.1, 0.15) is 5.69 Å². The minimum atomic E-state index is -1.78. The third kappa shape index (κ3) is 3.79. The molecule has 1 aromatic heterocycles. The first-order valence-electron chi connectivity index (χ1n) is 6.26. The number of rotatable bonds is 3. The first-order chi connectivity index (χ1) is 10.8. The molecule has 0 spiro atoms. The SMILES string of the molecule is O=[C-]C1=CC2=C(C1)c1c(C(=O)O)cc(C(=O)[O-])nc1C(=O)C2=O.[Na+].[Na+].[OH-]. The number of allylic oxidation sites excluding steroid dienone is 4. The molecule has 0 radical (unpaired) electrons. The zero-order valence-electron chi connectivity index (χ0n) is 13.7. The van der Waals surface area contributed by atoms with E-state index in [1.807, 2.05) is 0 Å². The van der Waals surface area contributed by atoms with Crippen molar-refractivity contribution in [2.45, 2.75) is 6.42 Å². The fourth-order valence-electron chi connectivity index (χ4n) is 2.61. The predicted molar refractivity (Wildman–Crippen MR) is 72.1 cm³/mol. The number of pyridine rings is 1. The van der Waals surface area contributed by atoms with Crippen LogP contribution in [0.1, 0.15) is 43.3 Å². The Bertz CT molecular complexity index is 916. The number of ketones is 2. The zero-order chi connectivity index (χ0) is 16.9. The van der Waals surface area contributed by atoms with Crippen molar-refractivity contribution in [3.63, 3.8) is 0 Å². The van der Waals surface area contributed by atoms with Crippen molar-refractivity contribution >= 4 is 35.4 Å². The van der Waals surface area contributed by atoms with Gasteiger partial charge in [0.2, 0.25) is 5.78 Å². The molecule has 2 aliphatic carbocycles. The summed E-state index contributed by atoms with van der Waals surface area (Å²) in [5.74, 6) is -5.38. The molecule has 9 nitrogen and oxygen atoms in total. The van der Waals surface area contributed by atoms with E-state index in [2.05, 4.69) is 4.98 Å². The summed E-state index contributed by atoms with van der Waals surface area (Å²) in [7, 11) is 0. The largest absolute Gasteiger partial charge is 1.00 e. The van der Waals surface area contributed by atoms with Gasteiger partial charge in [0.05, 0.1) is 17.2 Å². The summed E-state index contributed by atoms with van der Waals surface area (Å²) >= 11 is 0. The molecule has 0 aliphatic heterocycles. The molecule has 2 N–H and O–H groups in total. The van der Waals surface area contributed by atoms with Crippen molar-refractivity contribution in [3.8, 4) is 0 Å². The van der Waals surface area contributed by atoms with E-state index < -0.39 is 40.5 Å². The van der Waals surface area contributed by atoms with Gasteiger partial charge in [-0.15, -0.1) is 0 Å². The summed E-state index contributed by atoms with van der Waals surface area (Å²) in [5, 5.41) is 20.2. The molecule has 0 saturated heterocycles. The molecule has 0 atom stereocenters. The molecule has 1 aromatic rings. The van der Waals surface area contributed by atoms with Crippen molar-refractivity contribution in [3.05, 3.63) is 45.8 Å². The first kappa shape index (κ1) is 24.5. The molecule has 26 heavy (non-hydrogen) atoms. The maximum atomic E-state index is 12.1. The van der Waals surface area contributed by atoms with E-state index in [9.17, 15) is 34.2 Å². The number of nitrogens with zero attached hydrogens (tertiary/aromatic N) is 1. The van der Waals surface area contributed by atoms with Gasteiger partial charge in [-0.3, -0.25) is 9.59 Å². The van der Waals surface area contributed by atoms with Gasteiger partial charge in [-0.1, -0.05) is 5.57 Å². The molecular weight excluding hydrogens is 368 g/mol. The molecule has 0 aromatic carbocycles. The maximum Gasteiger partial charge on any atom is 1.00 e. The van der Waals surface area contributed by atoms with E-state index >= 15 is 0 Å². The topological polar surface area (TPSA) is 172 Å². The number of aromatic nitrogens is 1. The smallest absolute Gasteiger partial charge is 0.870 e. The number of carboxylic acids is 2. The van der Waals surface area contributed by atoms with E-state index in [4.69, 9.17) is 0 Å². The molecule has 0 fully saturated rings. The molecule has 0 amide bonds. The summed E-state index contributed by atoms with van der Waals surface area (Å²) in [6.45, 7) is 0. The number of aromatic carboxylic acids is 2. The number of carbonyl (C=O) groups excluding carboxylic acids is 4. The number of carbonyl (C=O) groups is 4. The Balaban J connectivity index is 0.00000208. The van der Waals surface area contributed by atoms with Crippen LogP contribution in [0.3, 0.4) is 0 Å². The third-order valence-corrected chi connectivity index (χ3v) is 3.57. The van der Waals surface area contributed by atoms with Crippen molar-refractivity contribution in [1.29, 1.82) is 0 Å². The summed E-state index contributed by atoms with van der Waals surface area (Å²) < 4.78 is 0. The Morgan fingerprint density at radius 3 is 2.31 bits per heavy atom. The summed E-state index contributed by atoms with van der Waals surface area (Å²) in [4.78, 5) is 60.9. The van der Waals surface area contributed by atoms with Crippen LogP contribution >= 0.6 is 0 Å². The fraction of sp³-hybridized carbons (Fsp3) is 0.0667. The average molecular weight is 374 g/mol. The normalized spacial score (nSPS) is 14.1. The van der Waals surface area contributed by atoms with Crippen molar-refractivity contribution in [2.75, 3.05) is 0 Å². The van der Waals surface area contributed by atoms with Crippen LogP contribution in [-0.4, -0.2) is 45.4 Å². The number of carboxylic acid groups (broad SMARTS) is 2. The minimum Gasteiger partial charge on any atom is -0.870 e. The molecule has 1 heterocycles. The maximum absolute atomic E-state index is 12.1. The first-order valence-corrected chi connectivity index (χ1v) is 6.26. The molecule has 0 unspecified atom stereocenters. The zero-order valence-corrected chi connectivity index (χ0v) is 17.7. The van der Waals surface area contributed by atoms with Crippen LogP contribution in [0.4, 0.5) is 0 Å². The fourth-order valence-corrected chi connectivity index (χ4v) is 2.61. The van der Waals surface area contributed by atoms with E-state index in [0.29, 0.717) is 0 Å². The molecular formula is C15H6NNa2O8-. The van der Waals surface area contributed by atoms with Gasteiger partial charge in [0.15, 0.2) is 0 Å². The molecule has 0 bridgehead atoms. The van der Waals surface area contributed by atoms with Crippen molar-refractivity contribution < 1.29 is 98.8 Å². The minimum absolute atomic E-state index is 0. The number of fused-ring (bicyclic) bond motifs is 2. The van der Waals surface area contributed by atoms with E-state index in [1.165, 1.54) is 6.08 Å². The van der Waals surface area contributed by atoms with Crippen molar-refractivity contribution in [2.24, 2.45) is 0 Å². The quantitative estimate of drug-likeness (QED) is 0.306. The van der Waals surface area contributed by atoms with Gasteiger partial charge in [0.25, 0.3) is 5.78 Å². The van der Waals surface area contributed by atoms with Crippen LogP contribution in [0, 0.1) is 0 Å². The Morgan fingerprint density at radius 1 is 1.19 bits per heavy atom. The van der Waals surface area contributed by atoms with Gasteiger partial charge in [-0.05, 0) is 24.3 Å². The number of hydrogen-bond donors (Lipinski definition) is 1. The van der Waals surface area contributed by atoms with E-state index in [1.54, 1.807) is 6.29 Å². The predicted octanol–water partition coefficient (Wildman–Crippen LogP) is -7.07. The van der Waals surface area contributed by atoms with Crippen LogP contribution in [-0.2, 0) is 9.59 Å². The van der Waals surface area contributed by atoms with Crippen LogP contribution in [0.15, 0.2) is 23.3 Å². The van der Waals surface area contributed by atoms with E-state index in [-0.39, 0.29) is 93.3 Å². The second kappa shape index (κ2) is 8.96. The average Bonchev–Trinajstić information content (AvgIpc) is 2.95. The molecule has 11 heteroatoms. The number of Topliss-reactive ketones (excluding diaryl/α,β-unsaturated/α-hetero) is 2. The standard InChI is InChI=1S/C15H6NO7.2Na.H2O/c17-4-5-1-6-7(2-5)12(18)13(19)11-10(6)8(14(20)21)3-9(16-11)15(22)23;;;/h2-3H,1H2,(H,20,21)(H,22,23);;;1H2/q-1;2*+1;/p-2. The Hall–Kier alpha value is -1.46. The Kier molecular flexibility index (Phi) is 8.45. The van der Waals surface area contributed by atoms with Gasteiger partial charge in [0, 0.05) is 5.56 Å². The van der Waals surface area contributed by atoms with Crippen LogP contribution < -0.4 is 64.2 Å². The summed E-state index contributed by atoms with van der Waals surface area (Å²) in [6, 6.07) is 0.757. The van der Waals surface area contributed by atoms with E-state index in [0.717, 1.165) is 6.07 Å². The Morgan fingerprint density at radius 2 is 1.81 bits per heavy atom. The van der Waals surface area contributed by atoms with Crippen LogP contribution in [0.25, 0.3) is 5.57 Å². The van der Waals surface area contributed by atoms with Gasteiger partial charge < -0.3 is 25.3 Å². The summed E-state index contributed by atoms with van der Waals surface area (Å²) in [6.07, 6.45) is 2.68. The monoisotopic (exact) mass is 374 g/mol. The number of hydrogen-bond acceptors (Lipinski definition) is 8. The molecule has 122 valence electrons. The summed E-state index contributed by atoms with van der Waals surface area (Å²) in [5.41, 5.74) is -1.83. The molecule has 2 aliphatic rings.